The number of hydrogen-bond donors (Lipinski definition) is 2. The molecule has 0 amide bonds. The Balaban J connectivity index is 2.19. The number of nitrogens with one attached hydrogen (secondary N) is 2. The van der Waals surface area contributed by atoms with Crippen molar-refractivity contribution >= 4 is 16.2 Å². The maximum absolute atomic E-state index is 12.2. The second kappa shape index (κ2) is 6.20. The van der Waals surface area contributed by atoms with E-state index in [1.165, 1.54) is 24.6 Å². The lowest BCUT2D eigenvalue weighted by molar-refractivity contribution is 0.361. The highest BCUT2D eigenvalue weighted by atomic mass is 32.2. The number of ether oxygens (including phenoxy) is 2. The number of methoxy groups -OCH3 is 2. The molecular formula is C10H17N5O4S. The van der Waals surface area contributed by atoms with E-state index in [-0.39, 0.29) is 17.7 Å². The molecule has 9 nitrogen and oxygen atoms in total. The van der Waals surface area contributed by atoms with Crippen molar-refractivity contribution in [1.29, 1.82) is 0 Å². The third-order valence-corrected chi connectivity index (χ3v) is 4.22. The molecule has 0 bridgehead atoms. The van der Waals surface area contributed by atoms with E-state index in [0.29, 0.717) is 26.2 Å². The molecule has 0 unspecified atom stereocenters. The molecular weight excluding hydrogens is 286 g/mol. The zero-order valence-corrected chi connectivity index (χ0v) is 12.1. The van der Waals surface area contributed by atoms with Gasteiger partial charge in [-0.2, -0.15) is 22.7 Å². The van der Waals surface area contributed by atoms with Gasteiger partial charge >= 0.3 is 10.2 Å². The lowest BCUT2D eigenvalue weighted by atomic mass is 10.4. The molecule has 10 heteroatoms. The normalized spacial score (nSPS) is 16.7. The highest BCUT2D eigenvalue weighted by molar-refractivity contribution is 7.90. The highest BCUT2D eigenvalue weighted by Crippen LogP contribution is 2.18. The van der Waals surface area contributed by atoms with Crippen LogP contribution in [0.1, 0.15) is 0 Å². The van der Waals surface area contributed by atoms with E-state index >= 15 is 0 Å². The number of nitrogens with zero attached hydrogens (tertiary/aromatic N) is 3. The second-order valence-corrected chi connectivity index (χ2v) is 5.70. The predicted molar refractivity (Wildman–Crippen MR) is 72.1 cm³/mol. The van der Waals surface area contributed by atoms with E-state index in [4.69, 9.17) is 9.47 Å². The van der Waals surface area contributed by atoms with Gasteiger partial charge in [0.15, 0.2) is 0 Å². The number of rotatable bonds is 5. The first-order valence-electron chi connectivity index (χ1n) is 6.01. The van der Waals surface area contributed by atoms with Gasteiger partial charge in [-0.05, 0) is 0 Å². The number of anilines is 1. The minimum Gasteiger partial charge on any atom is -0.481 e. The molecule has 1 aliphatic rings. The summed E-state index contributed by atoms with van der Waals surface area (Å²) in [6.45, 7) is 2.03. The van der Waals surface area contributed by atoms with Crippen LogP contribution in [-0.2, 0) is 10.2 Å². The van der Waals surface area contributed by atoms with Gasteiger partial charge in [0.05, 0.1) is 20.3 Å². The molecule has 2 rings (SSSR count). The van der Waals surface area contributed by atoms with Crippen molar-refractivity contribution in [1.82, 2.24) is 19.6 Å². The molecule has 0 spiro atoms. The first-order chi connectivity index (χ1) is 9.55. The summed E-state index contributed by atoms with van der Waals surface area (Å²) in [4.78, 5) is 7.87. The number of aromatic nitrogens is 2. The van der Waals surface area contributed by atoms with E-state index in [1.807, 2.05) is 0 Å². The first kappa shape index (κ1) is 14.8. The Morgan fingerprint density at radius 2 is 1.75 bits per heavy atom. The summed E-state index contributed by atoms with van der Waals surface area (Å²) >= 11 is 0. The van der Waals surface area contributed by atoms with Crippen LogP contribution in [0.3, 0.4) is 0 Å². The fraction of sp³-hybridized carbons (Fsp3) is 0.600. The van der Waals surface area contributed by atoms with Gasteiger partial charge in [0.25, 0.3) is 0 Å². The SMILES string of the molecule is COc1cc(OC)nc(NS(=O)(=O)N2CCNCC2)n1. The second-order valence-electron chi connectivity index (χ2n) is 4.03. The summed E-state index contributed by atoms with van der Waals surface area (Å²) in [5, 5.41) is 3.08. The van der Waals surface area contributed by atoms with Gasteiger partial charge in [0.2, 0.25) is 17.7 Å². The van der Waals surface area contributed by atoms with Gasteiger partial charge in [0, 0.05) is 26.2 Å². The lowest BCUT2D eigenvalue weighted by Gasteiger charge is -2.26. The third-order valence-electron chi connectivity index (χ3n) is 2.73. The van der Waals surface area contributed by atoms with Crippen LogP contribution in [0.25, 0.3) is 0 Å². The van der Waals surface area contributed by atoms with Crippen molar-refractivity contribution in [2.45, 2.75) is 0 Å². The van der Waals surface area contributed by atoms with Crippen molar-refractivity contribution in [3.63, 3.8) is 0 Å². The van der Waals surface area contributed by atoms with Gasteiger partial charge in [-0.1, -0.05) is 0 Å². The third kappa shape index (κ3) is 3.46. The lowest BCUT2D eigenvalue weighted by Crippen LogP contribution is -2.48. The smallest absolute Gasteiger partial charge is 0.304 e. The predicted octanol–water partition coefficient (Wildman–Crippen LogP) is -0.944. The average Bonchev–Trinajstić information content (AvgIpc) is 2.47. The summed E-state index contributed by atoms with van der Waals surface area (Å²) in [5.74, 6) is 0.351. The summed E-state index contributed by atoms with van der Waals surface area (Å²) in [6, 6.07) is 1.46. The minimum absolute atomic E-state index is 0.0836. The maximum Gasteiger partial charge on any atom is 0.304 e. The van der Waals surface area contributed by atoms with Crippen LogP contribution in [0.2, 0.25) is 0 Å². The standard InChI is InChI=1S/C10H17N5O4S/c1-18-8-7-9(19-2)13-10(12-8)14-20(16,17)15-5-3-11-4-6-15/h7,11H,3-6H2,1-2H3,(H,12,13,14). The molecule has 0 saturated carbocycles. The quantitative estimate of drug-likeness (QED) is 0.723. The van der Waals surface area contributed by atoms with Crippen LogP contribution in [0.15, 0.2) is 6.07 Å². The number of hydrogen-bond acceptors (Lipinski definition) is 7. The van der Waals surface area contributed by atoms with E-state index in [0.717, 1.165) is 0 Å². The van der Waals surface area contributed by atoms with Gasteiger partial charge < -0.3 is 14.8 Å². The van der Waals surface area contributed by atoms with Crippen molar-refractivity contribution in [3.05, 3.63) is 6.07 Å². The van der Waals surface area contributed by atoms with E-state index in [1.54, 1.807) is 0 Å². The van der Waals surface area contributed by atoms with Crippen molar-refractivity contribution in [3.8, 4) is 11.8 Å². The van der Waals surface area contributed by atoms with Crippen molar-refractivity contribution in [2.75, 3.05) is 45.1 Å². The average molecular weight is 303 g/mol. The maximum atomic E-state index is 12.2. The zero-order valence-electron chi connectivity index (χ0n) is 11.3. The Hall–Kier alpha value is -1.65. The van der Waals surface area contributed by atoms with E-state index < -0.39 is 10.2 Å². The summed E-state index contributed by atoms with van der Waals surface area (Å²) in [6.07, 6.45) is 0. The van der Waals surface area contributed by atoms with Crippen LogP contribution < -0.4 is 19.5 Å². The number of piperazine rings is 1. The van der Waals surface area contributed by atoms with Crippen LogP contribution in [0, 0.1) is 0 Å². The Kier molecular flexibility index (Phi) is 4.57. The molecule has 1 saturated heterocycles. The molecule has 1 aromatic rings. The van der Waals surface area contributed by atoms with Crippen molar-refractivity contribution in [2.24, 2.45) is 0 Å². The molecule has 2 heterocycles. The summed E-state index contributed by atoms with van der Waals surface area (Å²) in [7, 11) is -0.825. The molecule has 2 N–H and O–H groups in total. The molecule has 1 aliphatic heterocycles. The monoisotopic (exact) mass is 303 g/mol. The van der Waals surface area contributed by atoms with Gasteiger partial charge in [0.1, 0.15) is 0 Å². The first-order valence-corrected chi connectivity index (χ1v) is 7.45. The topological polar surface area (TPSA) is 106 Å². The zero-order chi connectivity index (χ0) is 14.6. The minimum atomic E-state index is -3.68. The fourth-order valence-electron chi connectivity index (χ4n) is 1.72. The molecule has 0 aromatic carbocycles. The summed E-state index contributed by atoms with van der Waals surface area (Å²) in [5.41, 5.74) is 0. The van der Waals surface area contributed by atoms with E-state index in [2.05, 4.69) is 20.0 Å². The Bertz CT molecular complexity index is 537. The molecule has 20 heavy (non-hydrogen) atoms. The Labute approximate surface area is 117 Å². The fourth-order valence-corrected chi connectivity index (χ4v) is 2.84. The highest BCUT2D eigenvalue weighted by Gasteiger charge is 2.25. The van der Waals surface area contributed by atoms with Gasteiger partial charge in [-0.3, -0.25) is 0 Å². The molecule has 1 aromatic heterocycles. The van der Waals surface area contributed by atoms with Crippen LogP contribution in [-0.4, -0.2) is 63.1 Å². The Morgan fingerprint density at radius 1 is 1.20 bits per heavy atom. The van der Waals surface area contributed by atoms with E-state index in [9.17, 15) is 8.42 Å². The van der Waals surface area contributed by atoms with Gasteiger partial charge in [-0.15, -0.1) is 0 Å². The molecule has 0 atom stereocenters. The summed E-state index contributed by atoms with van der Waals surface area (Å²) < 4.78 is 38.0. The van der Waals surface area contributed by atoms with Crippen molar-refractivity contribution < 1.29 is 17.9 Å². The molecule has 1 fully saturated rings. The van der Waals surface area contributed by atoms with Crippen LogP contribution in [0.4, 0.5) is 5.95 Å². The molecule has 0 aliphatic carbocycles. The molecule has 0 radical (unpaired) electrons. The van der Waals surface area contributed by atoms with Crippen LogP contribution in [0.5, 0.6) is 11.8 Å². The largest absolute Gasteiger partial charge is 0.481 e. The van der Waals surface area contributed by atoms with Gasteiger partial charge in [-0.25, -0.2) is 4.72 Å². The molecule has 112 valence electrons. The Morgan fingerprint density at radius 3 is 2.25 bits per heavy atom. The van der Waals surface area contributed by atoms with Crippen LogP contribution >= 0.6 is 0 Å².